The van der Waals surface area contributed by atoms with E-state index in [1.54, 1.807) is 12.2 Å². The van der Waals surface area contributed by atoms with Crippen LogP contribution in [-0.4, -0.2) is 55.9 Å². The van der Waals surface area contributed by atoms with Crippen LogP contribution in [0.1, 0.15) is 6.42 Å². The Morgan fingerprint density at radius 1 is 1.30 bits per heavy atom. The first-order valence-corrected chi connectivity index (χ1v) is 6.24. The van der Waals surface area contributed by atoms with E-state index in [1.165, 1.54) is 7.11 Å². The number of carboxylic acids is 1. The van der Waals surface area contributed by atoms with Crippen molar-refractivity contribution in [1.29, 1.82) is 0 Å². The third kappa shape index (κ3) is 5.70. The van der Waals surface area contributed by atoms with Gasteiger partial charge in [0.2, 0.25) is 5.91 Å². The van der Waals surface area contributed by atoms with Crippen LogP contribution in [0, 0.1) is 5.92 Å². The van der Waals surface area contributed by atoms with Crippen molar-refractivity contribution in [1.82, 2.24) is 16.0 Å². The van der Waals surface area contributed by atoms with Gasteiger partial charge in [-0.05, 0) is 6.42 Å². The number of carbonyl (C=O) groups excluding carboxylic acids is 2. The number of hydrogen-bond donors (Lipinski definition) is 4. The third-order valence-corrected chi connectivity index (χ3v) is 2.76. The number of urea groups is 1. The molecule has 0 spiro atoms. The number of amides is 3. The molecule has 8 heteroatoms. The van der Waals surface area contributed by atoms with Gasteiger partial charge in [-0.25, -0.2) is 4.79 Å². The van der Waals surface area contributed by atoms with Gasteiger partial charge in [-0.3, -0.25) is 9.59 Å². The number of aliphatic carboxylic acids is 1. The monoisotopic (exact) mass is 285 g/mol. The van der Waals surface area contributed by atoms with E-state index in [0.29, 0.717) is 19.6 Å². The maximum atomic E-state index is 11.5. The van der Waals surface area contributed by atoms with Crippen LogP contribution in [0.2, 0.25) is 0 Å². The van der Waals surface area contributed by atoms with Gasteiger partial charge >= 0.3 is 12.0 Å². The van der Waals surface area contributed by atoms with Crippen molar-refractivity contribution >= 4 is 17.9 Å². The Morgan fingerprint density at radius 3 is 2.65 bits per heavy atom. The first kappa shape index (κ1) is 16.0. The lowest BCUT2D eigenvalue weighted by molar-refractivity contribution is -0.140. The molecule has 20 heavy (non-hydrogen) atoms. The first-order chi connectivity index (χ1) is 9.52. The molecule has 2 atom stereocenters. The summed E-state index contributed by atoms with van der Waals surface area (Å²) in [4.78, 5) is 33.5. The van der Waals surface area contributed by atoms with Crippen LogP contribution in [0.4, 0.5) is 4.79 Å². The van der Waals surface area contributed by atoms with Crippen molar-refractivity contribution in [2.75, 3.05) is 26.8 Å². The minimum atomic E-state index is -0.913. The summed E-state index contributed by atoms with van der Waals surface area (Å²) in [6.45, 7) is 0.639. The predicted octanol–water partition coefficient (Wildman–Crippen LogP) is -0.922. The second-order valence-electron chi connectivity index (χ2n) is 4.34. The summed E-state index contributed by atoms with van der Waals surface area (Å²) in [7, 11) is 1.53. The number of carbonyl (C=O) groups is 3. The van der Waals surface area contributed by atoms with E-state index >= 15 is 0 Å². The summed E-state index contributed by atoms with van der Waals surface area (Å²) in [6, 6.07) is -0.833. The summed E-state index contributed by atoms with van der Waals surface area (Å²) >= 11 is 0. The summed E-state index contributed by atoms with van der Waals surface area (Å²) in [5.74, 6) is -1.80. The zero-order valence-electron chi connectivity index (χ0n) is 11.2. The summed E-state index contributed by atoms with van der Waals surface area (Å²) < 4.78 is 4.77. The van der Waals surface area contributed by atoms with Crippen LogP contribution < -0.4 is 16.0 Å². The number of nitrogens with one attached hydrogen (secondary N) is 3. The molecule has 0 heterocycles. The van der Waals surface area contributed by atoms with Gasteiger partial charge in [0.05, 0.1) is 25.1 Å². The van der Waals surface area contributed by atoms with Gasteiger partial charge in [-0.15, -0.1) is 0 Å². The highest BCUT2D eigenvalue weighted by Gasteiger charge is 2.25. The lowest BCUT2D eigenvalue weighted by Gasteiger charge is -2.13. The molecule has 0 radical (unpaired) electrons. The number of hydrogen-bond acceptors (Lipinski definition) is 4. The molecule has 0 aromatic carbocycles. The molecule has 8 nitrogen and oxygen atoms in total. The fraction of sp³-hybridized carbons (Fsp3) is 0.583. The molecule has 2 unspecified atom stereocenters. The van der Waals surface area contributed by atoms with Crippen LogP contribution in [0.5, 0.6) is 0 Å². The standard InChI is InChI=1S/C12H19N3O5/c1-20-5-4-13-10(16)7-14-12(19)15-9-3-2-8(6-9)11(17)18/h2-3,8-9H,4-7H2,1H3,(H,13,16)(H,17,18)(H2,14,15,19). The molecule has 0 fully saturated rings. The molecule has 1 aliphatic rings. The highest BCUT2D eigenvalue weighted by molar-refractivity contribution is 5.84. The minimum Gasteiger partial charge on any atom is -0.481 e. The first-order valence-electron chi connectivity index (χ1n) is 6.24. The van der Waals surface area contributed by atoms with Crippen LogP contribution >= 0.6 is 0 Å². The summed E-state index contributed by atoms with van der Waals surface area (Å²) in [6.07, 6.45) is 3.50. The van der Waals surface area contributed by atoms with Crippen LogP contribution in [0.25, 0.3) is 0 Å². The van der Waals surface area contributed by atoms with Gasteiger partial charge in [0.15, 0.2) is 0 Å². The Balaban J connectivity index is 2.17. The van der Waals surface area contributed by atoms with Crippen molar-refractivity contribution in [2.24, 2.45) is 5.92 Å². The lowest BCUT2D eigenvalue weighted by atomic mass is 10.1. The van der Waals surface area contributed by atoms with Crippen molar-refractivity contribution in [3.05, 3.63) is 12.2 Å². The fourth-order valence-electron chi connectivity index (χ4n) is 1.72. The van der Waals surface area contributed by atoms with E-state index in [0.717, 1.165) is 0 Å². The van der Waals surface area contributed by atoms with Gasteiger partial charge < -0.3 is 25.8 Å². The number of methoxy groups -OCH3 is 1. The maximum absolute atomic E-state index is 11.5. The minimum absolute atomic E-state index is 0.145. The second-order valence-corrected chi connectivity index (χ2v) is 4.34. The molecule has 0 bridgehead atoms. The summed E-state index contributed by atoms with van der Waals surface area (Å²) in [5.41, 5.74) is 0. The Hall–Kier alpha value is -2.09. The van der Waals surface area contributed by atoms with Gasteiger partial charge in [-0.2, -0.15) is 0 Å². The number of ether oxygens (including phenoxy) is 1. The van der Waals surface area contributed by atoms with Crippen LogP contribution in [0.3, 0.4) is 0 Å². The van der Waals surface area contributed by atoms with E-state index in [2.05, 4.69) is 16.0 Å². The third-order valence-electron chi connectivity index (χ3n) is 2.76. The molecule has 0 aliphatic heterocycles. The Labute approximate surface area is 116 Å². The fourth-order valence-corrected chi connectivity index (χ4v) is 1.72. The van der Waals surface area contributed by atoms with Gasteiger partial charge in [0.1, 0.15) is 0 Å². The molecule has 1 aliphatic carbocycles. The normalized spacial score (nSPS) is 20.4. The van der Waals surface area contributed by atoms with E-state index in [-0.39, 0.29) is 18.5 Å². The summed E-state index contributed by atoms with van der Waals surface area (Å²) in [5, 5.41) is 16.3. The van der Waals surface area contributed by atoms with E-state index in [1.807, 2.05) is 0 Å². The maximum Gasteiger partial charge on any atom is 0.315 e. The van der Waals surface area contributed by atoms with E-state index in [9.17, 15) is 14.4 Å². The van der Waals surface area contributed by atoms with Crippen LogP contribution in [-0.2, 0) is 14.3 Å². The lowest BCUT2D eigenvalue weighted by Crippen LogP contribution is -2.45. The molecular formula is C12H19N3O5. The molecule has 112 valence electrons. The highest BCUT2D eigenvalue weighted by Crippen LogP contribution is 2.17. The number of rotatable bonds is 7. The molecule has 0 aromatic rings. The number of carboxylic acid groups (broad SMARTS) is 1. The Kier molecular flexibility index (Phi) is 6.51. The molecule has 4 N–H and O–H groups in total. The topological polar surface area (TPSA) is 117 Å². The Bertz CT molecular complexity index is 397. The molecule has 0 aromatic heterocycles. The predicted molar refractivity (Wildman–Crippen MR) is 70.1 cm³/mol. The van der Waals surface area contributed by atoms with Crippen LogP contribution in [0.15, 0.2) is 12.2 Å². The van der Waals surface area contributed by atoms with Crippen molar-refractivity contribution in [3.63, 3.8) is 0 Å². The average molecular weight is 285 g/mol. The van der Waals surface area contributed by atoms with Crippen molar-refractivity contribution in [2.45, 2.75) is 12.5 Å². The van der Waals surface area contributed by atoms with Gasteiger partial charge in [0, 0.05) is 13.7 Å². The van der Waals surface area contributed by atoms with Gasteiger partial charge in [0.25, 0.3) is 0 Å². The Morgan fingerprint density at radius 2 is 2.05 bits per heavy atom. The average Bonchev–Trinajstić information content (AvgIpc) is 2.85. The van der Waals surface area contributed by atoms with Crippen molar-refractivity contribution in [3.8, 4) is 0 Å². The van der Waals surface area contributed by atoms with E-state index < -0.39 is 17.9 Å². The van der Waals surface area contributed by atoms with Gasteiger partial charge in [-0.1, -0.05) is 12.2 Å². The molecule has 1 rings (SSSR count). The molecule has 0 saturated carbocycles. The highest BCUT2D eigenvalue weighted by atomic mass is 16.5. The SMILES string of the molecule is COCCNC(=O)CNC(=O)NC1C=CC(C(=O)O)C1. The largest absolute Gasteiger partial charge is 0.481 e. The second kappa shape index (κ2) is 8.16. The molecule has 3 amide bonds. The quantitative estimate of drug-likeness (QED) is 0.356. The van der Waals surface area contributed by atoms with E-state index in [4.69, 9.17) is 9.84 Å². The molecule has 0 saturated heterocycles. The smallest absolute Gasteiger partial charge is 0.315 e. The zero-order valence-corrected chi connectivity index (χ0v) is 11.2. The van der Waals surface area contributed by atoms with Crippen molar-refractivity contribution < 1.29 is 24.2 Å². The zero-order chi connectivity index (χ0) is 15.0. The molecular weight excluding hydrogens is 266 g/mol.